The number of amides is 1. The molecule has 1 amide bonds. The normalized spacial score (nSPS) is 26.1. The second-order valence-corrected chi connectivity index (χ2v) is 5.87. The molecule has 2 aliphatic rings. The van der Waals surface area contributed by atoms with Gasteiger partial charge in [0.2, 0.25) is 5.91 Å². The molecule has 5 nitrogen and oxygen atoms in total. The molecule has 0 saturated carbocycles. The van der Waals surface area contributed by atoms with Crippen LogP contribution in [-0.4, -0.2) is 68.1 Å². The Morgan fingerprint density at radius 2 is 2.00 bits per heavy atom. The summed E-state index contributed by atoms with van der Waals surface area (Å²) in [5, 5.41) is 1.94. The summed E-state index contributed by atoms with van der Waals surface area (Å²) < 4.78 is 47.5. The molecule has 0 aromatic rings. The van der Waals surface area contributed by atoms with Gasteiger partial charge in [0.15, 0.2) is 0 Å². The van der Waals surface area contributed by atoms with E-state index in [1.54, 1.807) is 6.92 Å². The number of hydrogen-bond donors (Lipinski definition) is 1. The van der Waals surface area contributed by atoms with Crippen LogP contribution in [0.5, 0.6) is 0 Å². The van der Waals surface area contributed by atoms with Gasteiger partial charge in [0.1, 0.15) is 6.54 Å². The highest BCUT2D eigenvalue weighted by Crippen LogP contribution is 2.20. The van der Waals surface area contributed by atoms with E-state index in [9.17, 15) is 18.0 Å². The maximum atomic E-state index is 12.1. The number of alkyl halides is 3. The molecule has 0 aromatic heterocycles. The lowest BCUT2D eigenvalue weighted by Crippen LogP contribution is -2.50. The Hall–Kier alpha value is -0.860. The van der Waals surface area contributed by atoms with Crippen LogP contribution in [0.3, 0.4) is 0 Å². The van der Waals surface area contributed by atoms with E-state index in [0.29, 0.717) is 19.7 Å². The minimum absolute atomic E-state index is 0.147. The molecule has 2 heterocycles. The minimum atomic E-state index is -4.38. The van der Waals surface area contributed by atoms with Gasteiger partial charge in [-0.25, -0.2) is 0 Å². The zero-order chi connectivity index (χ0) is 16.2. The monoisotopic (exact) mass is 324 g/mol. The van der Waals surface area contributed by atoms with Crippen LogP contribution < -0.4 is 5.32 Å². The van der Waals surface area contributed by atoms with Gasteiger partial charge in [-0.2, -0.15) is 13.2 Å². The molecule has 1 N–H and O–H groups in total. The number of carbonyl (C=O) groups is 1. The molecule has 22 heavy (non-hydrogen) atoms. The van der Waals surface area contributed by atoms with Gasteiger partial charge in [0.05, 0.1) is 24.9 Å². The lowest BCUT2D eigenvalue weighted by Gasteiger charge is -2.36. The number of ether oxygens (including phenoxy) is 2. The molecule has 0 radical (unpaired) electrons. The SMILES string of the molecule is C[C@@H](C(=O)NCC(F)(F)F)N1CCC(O[C@H]2CCOC2)CC1. The number of piperidine rings is 1. The maximum Gasteiger partial charge on any atom is 0.405 e. The highest BCUT2D eigenvalue weighted by Gasteiger charge is 2.32. The number of likely N-dealkylation sites (tertiary alicyclic amines) is 1. The molecular formula is C14H23F3N2O3. The van der Waals surface area contributed by atoms with E-state index in [-0.39, 0.29) is 12.2 Å². The lowest BCUT2D eigenvalue weighted by atomic mass is 10.1. The second-order valence-electron chi connectivity index (χ2n) is 5.87. The second kappa shape index (κ2) is 7.61. The van der Waals surface area contributed by atoms with Gasteiger partial charge in [0.25, 0.3) is 0 Å². The van der Waals surface area contributed by atoms with Crippen molar-refractivity contribution in [1.82, 2.24) is 10.2 Å². The summed E-state index contributed by atoms with van der Waals surface area (Å²) in [6.07, 6.45) is -1.59. The summed E-state index contributed by atoms with van der Waals surface area (Å²) in [5.74, 6) is -0.583. The largest absolute Gasteiger partial charge is 0.405 e. The molecule has 128 valence electrons. The summed E-state index contributed by atoms with van der Waals surface area (Å²) >= 11 is 0. The van der Waals surface area contributed by atoms with Crippen molar-refractivity contribution in [2.45, 2.75) is 50.6 Å². The molecule has 2 aliphatic heterocycles. The van der Waals surface area contributed by atoms with E-state index in [1.165, 1.54) is 0 Å². The molecule has 2 atom stereocenters. The van der Waals surface area contributed by atoms with Crippen LogP contribution in [0, 0.1) is 0 Å². The molecule has 0 spiro atoms. The fourth-order valence-corrected chi connectivity index (χ4v) is 2.79. The average Bonchev–Trinajstić information content (AvgIpc) is 2.97. The van der Waals surface area contributed by atoms with Crippen molar-refractivity contribution < 1.29 is 27.4 Å². The van der Waals surface area contributed by atoms with Crippen LogP contribution in [0.25, 0.3) is 0 Å². The Labute approximate surface area is 128 Å². The van der Waals surface area contributed by atoms with E-state index >= 15 is 0 Å². The topological polar surface area (TPSA) is 50.8 Å². The Bertz CT molecular complexity index is 365. The summed E-state index contributed by atoms with van der Waals surface area (Å²) in [4.78, 5) is 13.6. The van der Waals surface area contributed by atoms with E-state index in [4.69, 9.17) is 9.47 Å². The van der Waals surface area contributed by atoms with Gasteiger partial charge in [-0.1, -0.05) is 0 Å². The van der Waals surface area contributed by atoms with Gasteiger partial charge < -0.3 is 14.8 Å². The summed E-state index contributed by atoms with van der Waals surface area (Å²) in [7, 11) is 0. The molecule has 0 aromatic carbocycles. The molecule has 0 aliphatic carbocycles. The van der Waals surface area contributed by atoms with E-state index in [2.05, 4.69) is 0 Å². The van der Waals surface area contributed by atoms with Crippen LogP contribution in [0.2, 0.25) is 0 Å². The summed E-state index contributed by atoms with van der Waals surface area (Å²) in [6, 6.07) is -0.557. The van der Waals surface area contributed by atoms with Gasteiger partial charge in [-0.15, -0.1) is 0 Å². The molecule has 2 fully saturated rings. The van der Waals surface area contributed by atoms with E-state index in [0.717, 1.165) is 25.9 Å². The Kier molecular flexibility index (Phi) is 6.05. The van der Waals surface area contributed by atoms with Crippen LogP contribution >= 0.6 is 0 Å². The quantitative estimate of drug-likeness (QED) is 0.829. The number of halogens is 3. The predicted molar refractivity (Wildman–Crippen MR) is 73.4 cm³/mol. The first kappa shape index (κ1) is 17.5. The third-order valence-corrected chi connectivity index (χ3v) is 4.14. The standard InChI is InChI=1S/C14H23F3N2O3/c1-10(13(20)18-9-14(15,16)17)19-5-2-11(3-6-19)22-12-4-7-21-8-12/h10-12H,2-9H2,1H3,(H,18,20)/t10-,12-/m0/s1. The molecule has 0 unspecified atom stereocenters. The Morgan fingerprint density at radius 1 is 1.32 bits per heavy atom. The van der Waals surface area contributed by atoms with Crippen LogP contribution in [0.4, 0.5) is 13.2 Å². The maximum absolute atomic E-state index is 12.1. The average molecular weight is 324 g/mol. The van der Waals surface area contributed by atoms with Crippen molar-refractivity contribution in [1.29, 1.82) is 0 Å². The summed E-state index contributed by atoms with van der Waals surface area (Å²) in [6.45, 7) is 3.03. The fraction of sp³-hybridized carbons (Fsp3) is 0.929. The van der Waals surface area contributed by atoms with Crippen molar-refractivity contribution in [3.8, 4) is 0 Å². The lowest BCUT2D eigenvalue weighted by molar-refractivity contribution is -0.142. The predicted octanol–water partition coefficient (Wildman–Crippen LogP) is 1.32. The molecule has 0 bridgehead atoms. The number of rotatable bonds is 5. The molecule has 2 rings (SSSR count). The zero-order valence-electron chi connectivity index (χ0n) is 12.7. The van der Waals surface area contributed by atoms with Crippen molar-refractivity contribution >= 4 is 5.91 Å². The first-order valence-corrected chi connectivity index (χ1v) is 7.67. The first-order valence-electron chi connectivity index (χ1n) is 7.67. The van der Waals surface area contributed by atoms with Crippen LogP contribution in [0.15, 0.2) is 0 Å². The van der Waals surface area contributed by atoms with Crippen molar-refractivity contribution in [3.63, 3.8) is 0 Å². The third kappa shape index (κ3) is 5.40. The Morgan fingerprint density at radius 3 is 2.55 bits per heavy atom. The Balaban J connectivity index is 1.69. The number of carbonyl (C=O) groups excluding carboxylic acids is 1. The fourth-order valence-electron chi connectivity index (χ4n) is 2.79. The third-order valence-electron chi connectivity index (χ3n) is 4.14. The molecule has 8 heteroatoms. The minimum Gasteiger partial charge on any atom is -0.379 e. The van der Waals surface area contributed by atoms with Gasteiger partial charge in [0, 0.05) is 19.7 Å². The number of nitrogens with zero attached hydrogens (tertiary/aromatic N) is 1. The summed E-state index contributed by atoms with van der Waals surface area (Å²) in [5.41, 5.74) is 0. The van der Waals surface area contributed by atoms with E-state index < -0.39 is 24.7 Å². The number of nitrogens with one attached hydrogen (secondary N) is 1. The molecule has 2 saturated heterocycles. The highest BCUT2D eigenvalue weighted by molar-refractivity contribution is 5.81. The van der Waals surface area contributed by atoms with Crippen LogP contribution in [-0.2, 0) is 14.3 Å². The van der Waals surface area contributed by atoms with Crippen molar-refractivity contribution in [2.24, 2.45) is 0 Å². The van der Waals surface area contributed by atoms with Crippen molar-refractivity contribution in [3.05, 3.63) is 0 Å². The van der Waals surface area contributed by atoms with E-state index in [1.807, 2.05) is 10.2 Å². The number of hydrogen-bond acceptors (Lipinski definition) is 4. The molecular weight excluding hydrogens is 301 g/mol. The van der Waals surface area contributed by atoms with Gasteiger partial charge in [-0.05, 0) is 26.2 Å². The van der Waals surface area contributed by atoms with Gasteiger partial charge in [-0.3, -0.25) is 9.69 Å². The first-order chi connectivity index (χ1) is 10.3. The zero-order valence-corrected chi connectivity index (χ0v) is 12.7. The highest BCUT2D eigenvalue weighted by atomic mass is 19.4. The van der Waals surface area contributed by atoms with Crippen molar-refractivity contribution in [2.75, 3.05) is 32.8 Å². The van der Waals surface area contributed by atoms with Crippen LogP contribution in [0.1, 0.15) is 26.2 Å². The smallest absolute Gasteiger partial charge is 0.379 e. The van der Waals surface area contributed by atoms with Gasteiger partial charge >= 0.3 is 6.18 Å².